The van der Waals surface area contributed by atoms with Crippen LogP contribution >= 0.6 is 0 Å². The van der Waals surface area contributed by atoms with E-state index in [0.717, 1.165) is 13.0 Å². The van der Waals surface area contributed by atoms with Gasteiger partial charge in [0.1, 0.15) is 0 Å². The number of hydrogen-bond acceptors (Lipinski definition) is 2. The highest BCUT2D eigenvalue weighted by molar-refractivity contribution is 5.64. The summed E-state index contributed by atoms with van der Waals surface area (Å²) in [5.41, 5.74) is 4.51. The van der Waals surface area contributed by atoms with E-state index in [1.165, 1.54) is 36.2 Å². The lowest BCUT2D eigenvalue weighted by Crippen LogP contribution is -2.55. The van der Waals surface area contributed by atoms with Crippen molar-refractivity contribution in [3.05, 3.63) is 54.1 Å². The van der Waals surface area contributed by atoms with Gasteiger partial charge in [-0.1, -0.05) is 70.2 Å². The average Bonchev–Trinajstić information content (AvgIpc) is 3.14. The van der Waals surface area contributed by atoms with Crippen LogP contribution in [-0.2, 0) is 0 Å². The summed E-state index contributed by atoms with van der Waals surface area (Å²) in [6.45, 7) is 18.9. The molecule has 0 bridgehead atoms. The summed E-state index contributed by atoms with van der Waals surface area (Å²) in [6.07, 6.45) is 8.54. The number of rotatable bonds is 4. The Hall–Kier alpha value is -1.54. The summed E-state index contributed by atoms with van der Waals surface area (Å²) in [5.74, 6) is 1.54. The molecule has 1 aromatic rings. The fourth-order valence-corrected chi connectivity index (χ4v) is 7.00. The summed E-state index contributed by atoms with van der Waals surface area (Å²) < 4.78 is 0. The van der Waals surface area contributed by atoms with Crippen LogP contribution in [0.4, 0.5) is 5.69 Å². The van der Waals surface area contributed by atoms with Crippen LogP contribution in [0.15, 0.2) is 48.6 Å². The molecule has 0 saturated heterocycles. The molecule has 1 aromatic carbocycles. The summed E-state index contributed by atoms with van der Waals surface area (Å²) >= 11 is 0. The molecule has 1 N–H and O–H groups in total. The third-order valence-electron chi connectivity index (χ3n) is 8.70. The third-order valence-corrected chi connectivity index (χ3v) is 8.70. The highest BCUT2D eigenvalue weighted by atomic mass is 15.2. The van der Waals surface area contributed by atoms with E-state index in [2.05, 4.69) is 87.8 Å². The maximum absolute atomic E-state index is 4.59. The topological polar surface area (TPSA) is 15.3 Å². The first kappa shape index (κ1) is 19.8. The molecule has 4 rings (SSSR count). The standard InChI is InChI=1S/C26H38N2/c1-7-15-28-16-11-14-25(21(28)6)17-23(18(3)8-2)26(20(25)5)19(4)22-12-9-10-13-24(22)27-26/h9-14,19-21,23,27H,3,7-8,15-17H2,1-2,4-6H3. The number of benzene rings is 1. The molecule has 152 valence electrons. The summed E-state index contributed by atoms with van der Waals surface area (Å²) in [4.78, 5) is 2.70. The summed E-state index contributed by atoms with van der Waals surface area (Å²) in [7, 11) is 0. The molecule has 2 spiro atoms. The van der Waals surface area contributed by atoms with Crippen LogP contribution in [0, 0.1) is 17.3 Å². The van der Waals surface area contributed by atoms with Gasteiger partial charge in [0, 0.05) is 35.5 Å². The van der Waals surface area contributed by atoms with Gasteiger partial charge in [0.25, 0.3) is 0 Å². The van der Waals surface area contributed by atoms with Crippen LogP contribution in [0.1, 0.15) is 65.4 Å². The number of anilines is 1. The lowest BCUT2D eigenvalue weighted by molar-refractivity contribution is 0.0678. The molecule has 0 aromatic heterocycles. The Morgan fingerprint density at radius 1 is 1.21 bits per heavy atom. The van der Waals surface area contributed by atoms with Gasteiger partial charge < -0.3 is 5.32 Å². The minimum atomic E-state index is 0.0601. The highest BCUT2D eigenvalue weighted by Gasteiger charge is 2.66. The molecule has 1 saturated carbocycles. The maximum atomic E-state index is 4.59. The van der Waals surface area contributed by atoms with Crippen LogP contribution in [0.2, 0.25) is 0 Å². The van der Waals surface area contributed by atoms with Gasteiger partial charge in [-0.15, -0.1) is 0 Å². The predicted octanol–water partition coefficient (Wildman–Crippen LogP) is 6.23. The Kier molecular flexibility index (Phi) is 4.98. The summed E-state index contributed by atoms with van der Waals surface area (Å²) in [6, 6.07) is 9.53. The lowest BCUT2D eigenvalue weighted by atomic mass is 9.64. The van der Waals surface area contributed by atoms with Gasteiger partial charge in [0.2, 0.25) is 0 Å². The quantitative estimate of drug-likeness (QED) is 0.624. The number of hydrogen-bond donors (Lipinski definition) is 1. The zero-order valence-corrected chi connectivity index (χ0v) is 18.5. The molecule has 0 radical (unpaired) electrons. The SMILES string of the molecule is C=C(CC)C1CC2(C=CCN(CCC)C2C)C(C)C12Nc1ccccc1C2C. The van der Waals surface area contributed by atoms with Gasteiger partial charge >= 0.3 is 0 Å². The van der Waals surface area contributed by atoms with E-state index >= 15 is 0 Å². The van der Waals surface area contributed by atoms with E-state index in [4.69, 9.17) is 0 Å². The Labute approximate surface area is 172 Å². The first-order valence-corrected chi connectivity index (χ1v) is 11.4. The Bertz CT molecular complexity index is 780. The number of para-hydroxylation sites is 1. The van der Waals surface area contributed by atoms with Crippen molar-refractivity contribution in [2.45, 2.75) is 71.4 Å². The molecule has 6 unspecified atom stereocenters. The first-order chi connectivity index (χ1) is 13.4. The normalized spacial score (nSPS) is 39.5. The minimum Gasteiger partial charge on any atom is -0.378 e. The smallest absolute Gasteiger partial charge is 0.0539 e. The molecule has 0 amide bonds. The first-order valence-electron chi connectivity index (χ1n) is 11.4. The molecule has 28 heavy (non-hydrogen) atoms. The molecule has 2 heterocycles. The zero-order valence-electron chi connectivity index (χ0n) is 18.5. The van der Waals surface area contributed by atoms with Crippen LogP contribution in [0.3, 0.4) is 0 Å². The molecular weight excluding hydrogens is 340 g/mol. The molecular formula is C26H38N2. The van der Waals surface area contributed by atoms with Crippen LogP contribution < -0.4 is 5.32 Å². The van der Waals surface area contributed by atoms with E-state index < -0.39 is 0 Å². The van der Waals surface area contributed by atoms with Crippen LogP contribution in [0.5, 0.6) is 0 Å². The van der Waals surface area contributed by atoms with Gasteiger partial charge in [-0.3, -0.25) is 4.90 Å². The van der Waals surface area contributed by atoms with Crippen molar-refractivity contribution in [2.75, 3.05) is 18.4 Å². The Morgan fingerprint density at radius 3 is 2.64 bits per heavy atom. The van der Waals surface area contributed by atoms with Crippen molar-refractivity contribution in [2.24, 2.45) is 17.3 Å². The van der Waals surface area contributed by atoms with E-state index in [9.17, 15) is 0 Å². The largest absolute Gasteiger partial charge is 0.378 e. The van der Waals surface area contributed by atoms with Gasteiger partial charge in [-0.25, -0.2) is 0 Å². The molecule has 2 heteroatoms. The molecule has 2 nitrogen and oxygen atoms in total. The van der Waals surface area contributed by atoms with Crippen molar-refractivity contribution < 1.29 is 0 Å². The van der Waals surface area contributed by atoms with Crippen molar-refractivity contribution >= 4 is 5.69 Å². The molecule has 2 aliphatic heterocycles. The van der Waals surface area contributed by atoms with Gasteiger partial charge in [0.15, 0.2) is 0 Å². The molecule has 3 aliphatic rings. The number of nitrogens with one attached hydrogen (secondary N) is 1. The molecule has 1 aliphatic carbocycles. The van der Waals surface area contributed by atoms with Crippen molar-refractivity contribution in [1.29, 1.82) is 0 Å². The Morgan fingerprint density at radius 2 is 1.96 bits per heavy atom. The second-order valence-corrected chi connectivity index (χ2v) is 9.54. The molecule has 6 atom stereocenters. The predicted molar refractivity (Wildman–Crippen MR) is 121 cm³/mol. The van der Waals surface area contributed by atoms with Gasteiger partial charge in [0.05, 0.1) is 5.54 Å². The second kappa shape index (κ2) is 7.06. The minimum absolute atomic E-state index is 0.0601. The second-order valence-electron chi connectivity index (χ2n) is 9.54. The number of nitrogens with zero attached hydrogens (tertiary/aromatic N) is 1. The van der Waals surface area contributed by atoms with Crippen molar-refractivity contribution in [3.8, 4) is 0 Å². The summed E-state index contributed by atoms with van der Waals surface area (Å²) in [5, 5.41) is 4.10. The Balaban J connectivity index is 1.82. The number of fused-ring (bicyclic) bond motifs is 1. The van der Waals surface area contributed by atoms with E-state index in [1.54, 1.807) is 0 Å². The van der Waals surface area contributed by atoms with E-state index in [1.807, 2.05) is 0 Å². The van der Waals surface area contributed by atoms with Crippen LogP contribution in [-0.4, -0.2) is 29.6 Å². The van der Waals surface area contributed by atoms with E-state index in [-0.39, 0.29) is 11.0 Å². The van der Waals surface area contributed by atoms with Crippen molar-refractivity contribution in [1.82, 2.24) is 4.90 Å². The molecule has 1 fully saturated rings. The third kappa shape index (κ3) is 2.49. The fraction of sp³-hybridized carbons (Fsp3) is 0.615. The monoisotopic (exact) mass is 378 g/mol. The fourth-order valence-electron chi connectivity index (χ4n) is 7.00. The zero-order chi connectivity index (χ0) is 20.1. The van der Waals surface area contributed by atoms with Gasteiger partial charge in [-0.05, 0) is 50.3 Å². The lowest BCUT2D eigenvalue weighted by Gasteiger charge is -2.49. The average molecular weight is 379 g/mol. The highest BCUT2D eigenvalue weighted by Crippen LogP contribution is 2.66. The van der Waals surface area contributed by atoms with Gasteiger partial charge in [-0.2, -0.15) is 0 Å². The van der Waals surface area contributed by atoms with Crippen molar-refractivity contribution in [3.63, 3.8) is 0 Å². The van der Waals surface area contributed by atoms with Crippen LogP contribution in [0.25, 0.3) is 0 Å². The maximum Gasteiger partial charge on any atom is 0.0539 e. The van der Waals surface area contributed by atoms with E-state index in [0.29, 0.717) is 23.8 Å².